The van der Waals surface area contributed by atoms with Crippen molar-refractivity contribution in [3.05, 3.63) is 28.2 Å². The van der Waals surface area contributed by atoms with E-state index in [-0.39, 0.29) is 0 Å². The van der Waals surface area contributed by atoms with Gasteiger partial charge in [0.05, 0.1) is 6.42 Å². The minimum Gasteiger partial charge on any atom is -0.480 e. The second-order valence-corrected chi connectivity index (χ2v) is 5.09. The Kier molecular flexibility index (Phi) is 5.51. The number of urea groups is 1. The largest absolute Gasteiger partial charge is 0.480 e. The number of amides is 3. The third kappa shape index (κ3) is 5.27. The molecule has 7 nitrogen and oxygen atoms in total. The van der Waals surface area contributed by atoms with Crippen LogP contribution >= 0.6 is 15.9 Å². The average molecular weight is 344 g/mol. The van der Waals surface area contributed by atoms with Crippen LogP contribution in [-0.4, -0.2) is 29.1 Å². The lowest BCUT2D eigenvalue weighted by molar-refractivity contribution is -0.140. The summed E-state index contributed by atoms with van der Waals surface area (Å²) in [6.45, 7) is 1.85. The quantitative estimate of drug-likeness (QED) is 0.641. The number of primary amides is 1. The Morgan fingerprint density at radius 1 is 1.35 bits per heavy atom. The van der Waals surface area contributed by atoms with E-state index in [9.17, 15) is 14.4 Å². The van der Waals surface area contributed by atoms with Gasteiger partial charge in [0, 0.05) is 10.2 Å². The highest BCUT2D eigenvalue weighted by molar-refractivity contribution is 9.10. The highest BCUT2D eigenvalue weighted by atomic mass is 79.9. The molecule has 0 aromatic heterocycles. The Hall–Kier alpha value is -2.09. The van der Waals surface area contributed by atoms with E-state index in [0.717, 1.165) is 10.0 Å². The maximum atomic E-state index is 11.7. The number of carbonyl (C=O) groups is 3. The molecule has 0 saturated carbocycles. The topological polar surface area (TPSA) is 122 Å². The summed E-state index contributed by atoms with van der Waals surface area (Å²) in [6, 6.07) is 3.15. The van der Waals surface area contributed by atoms with Gasteiger partial charge in [-0.2, -0.15) is 0 Å². The monoisotopic (exact) mass is 343 g/mol. The average Bonchev–Trinajstić information content (AvgIpc) is 2.25. The molecule has 0 spiro atoms. The molecule has 1 atom stereocenters. The van der Waals surface area contributed by atoms with Crippen LogP contribution in [0.2, 0.25) is 0 Å². The van der Waals surface area contributed by atoms with E-state index >= 15 is 0 Å². The summed E-state index contributed by atoms with van der Waals surface area (Å²) in [7, 11) is 0. The van der Waals surface area contributed by atoms with Crippen LogP contribution in [0.25, 0.3) is 0 Å². The molecule has 0 saturated heterocycles. The van der Waals surface area contributed by atoms with Crippen molar-refractivity contribution in [1.82, 2.24) is 5.32 Å². The highest BCUT2D eigenvalue weighted by Crippen LogP contribution is 2.18. The van der Waals surface area contributed by atoms with E-state index < -0.39 is 30.4 Å². The van der Waals surface area contributed by atoms with Crippen LogP contribution in [0.1, 0.15) is 12.0 Å². The molecule has 0 fully saturated rings. The van der Waals surface area contributed by atoms with E-state index in [0.29, 0.717) is 5.69 Å². The van der Waals surface area contributed by atoms with Crippen molar-refractivity contribution < 1.29 is 19.5 Å². The summed E-state index contributed by atoms with van der Waals surface area (Å²) in [5, 5.41) is 13.5. The second kappa shape index (κ2) is 6.90. The van der Waals surface area contributed by atoms with Crippen molar-refractivity contribution in [3.8, 4) is 0 Å². The van der Waals surface area contributed by atoms with Gasteiger partial charge in [0.1, 0.15) is 6.04 Å². The summed E-state index contributed by atoms with van der Waals surface area (Å²) in [4.78, 5) is 33.3. The van der Waals surface area contributed by atoms with Gasteiger partial charge in [-0.1, -0.05) is 15.9 Å². The molecule has 0 unspecified atom stereocenters. The Bertz CT molecular complexity index is 527. The molecule has 0 bridgehead atoms. The zero-order valence-electron chi connectivity index (χ0n) is 10.6. The number of nitrogens with one attached hydrogen (secondary N) is 2. The zero-order chi connectivity index (χ0) is 15.3. The van der Waals surface area contributed by atoms with E-state index in [1.165, 1.54) is 0 Å². The van der Waals surface area contributed by atoms with Gasteiger partial charge in [0.25, 0.3) is 0 Å². The van der Waals surface area contributed by atoms with Gasteiger partial charge in [0.15, 0.2) is 0 Å². The number of halogens is 1. The molecule has 1 rings (SSSR count). The van der Waals surface area contributed by atoms with Gasteiger partial charge in [-0.15, -0.1) is 0 Å². The van der Waals surface area contributed by atoms with Crippen molar-refractivity contribution in [2.75, 3.05) is 5.32 Å². The number of aryl methyl sites for hydroxylation is 1. The summed E-state index contributed by atoms with van der Waals surface area (Å²) in [5.74, 6) is -2.14. The molecular weight excluding hydrogens is 330 g/mol. The number of anilines is 1. The molecule has 3 amide bonds. The number of benzene rings is 1. The lowest BCUT2D eigenvalue weighted by Gasteiger charge is -2.14. The van der Waals surface area contributed by atoms with Gasteiger partial charge >= 0.3 is 12.0 Å². The van der Waals surface area contributed by atoms with Crippen LogP contribution in [0.4, 0.5) is 10.5 Å². The fourth-order valence-electron chi connectivity index (χ4n) is 1.54. The molecule has 1 aromatic rings. The maximum Gasteiger partial charge on any atom is 0.326 e. The smallest absolute Gasteiger partial charge is 0.326 e. The van der Waals surface area contributed by atoms with Gasteiger partial charge in [-0.25, -0.2) is 9.59 Å². The predicted molar refractivity (Wildman–Crippen MR) is 76.3 cm³/mol. The van der Waals surface area contributed by atoms with Crippen LogP contribution in [0.3, 0.4) is 0 Å². The summed E-state index contributed by atoms with van der Waals surface area (Å²) in [5.41, 5.74) is 6.33. The predicted octanol–water partition coefficient (Wildman–Crippen LogP) is 1.21. The van der Waals surface area contributed by atoms with E-state index in [4.69, 9.17) is 10.8 Å². The van der Waals surface area contributed by atoms with Crippen LogP contribution in [0, 0.1) is 6.92 Å². The Morgan fingerprint density at radius 3 is 2.50 bits per heavy atom. The van der Waals surface area contributed by atoms with Crippen molar-refractivity contribution in [2.24, 2.45) is 5.73 Å². The molecule has 0 aliphatic heterocycles. The molecule has 20 heavy (non-hydrogen) atoms. The maximum absolute atomic E-state index is 11.7. The van der Waals surface area contributed by atoms with Crippen molar-refractivity contribution in [3.63, 3.8) is 0 Å². The van der Waals surface area contributed by atoms with Gasteiger partial charge in [-0.05, 0) is 30.7 Å². The van der Waals surface area contributed by atoms with E-state index in [2.05, 4.69) is 26.6 Å². The van der Waals surface area contributed by atoms with Gasteiger partial charge < -0.3 is 21.5 Å². The fraction of sp³-hybridized carbons (Fsp3) is 0.250. The number of carboxylic acid groups (broad SMARTS) is 1. The van der Waals surface area contributed by atoms with Crippen molar-refractivity contribution in [1.29, 1.82) is 0 Å². The van der Waals surface area contributed by atoms with Gasteiger partial charge in [-0.3, -0.25) is 4.79 Å². The number of hydrogen-bond acceptors (Lipinski definition) is 3. The second-order valence-electron chi connectivity index (χ2n) is 4.18. The normalized spacial score (nSPS) is 11.5. The van der Waals surface area contributed by atoms with Crippen LogP contribution in [-0.2, 0) is 9.59 Å². The Balaban J connectivity index is 2.70. The Labute approximate surface area is 123 Å². The molecule has 0 radical (unpaired) electrons. The number of carboxylic acids is 1. The molecule has 0 aliphatic rings. The van der Waals surface area contributed by atoms with E-state index in [1.807, 2.05) is 13.0 Å². The number of hydrogen-bond donors (Lipinski definition) is 4. The number of aliphatic carboxylic acids is 1. The molecule has 0 heterocycles. The summed E-state index contributed by atoms with van der Waals surface area (Å²) >= 11 is 3.28. The first kappa shape index (κ1) is 16.0. The zero-order valence-corrected chi connectivity index (χ0v) is 12.2. The van der Waals surface area contributed by atoms with Crippen molar-refractivity contribution >= 4 is 39.5 Å². The summed E-state index contributed by atoms with van der Waals surface area (Å²) < 4.78 is 0.778. The number of nitrogens with two attached hydrogens (primary N) is 1. The molecule has 8 heteroatoms. The SMILES string of the molecule is Cc1cc(Br)cc(NC(=O)N[C@@H](CC(N)=O)C(=O)O)c1. The summed E-state index contributed by atoms with van der Waals surface area (Å²) in [6.07, 6.45) is -0.472. The first-order chi connectivity index (χ1) is 9.27. The molecule has 0 aliphatic carbocycles. The molecule has 1 aromatic carbocycles. The minimum atomic E-state index is -1.36. The van der Waals surface area contributed by atoms with Crippen LogP contribution < -0.4 is 16.4 Å². The molecular formula is C12H14BrN3O4. The molecule has 5 N–H and O–H groups in total. The number of rotatable bonds is 5. The van der Waals surface area contributed by atoms with Gasteiger partial charge in [0.2, 0.25) is 5.91 Å². The number of carbonyl (C=O) groups excluding carboxylic acids is 2. The van der Waals surface area contributed by atoms with Crippen molar-refractivity contribution in [2.45, 2.75) is 19.4 Å². The van der Waals surface area contributed by atoms with E-state index in [1.54, 1.807) is 12.1 Å². The highest BCUT2D eigenvalue weighted by Gasteiger charge is 2.22. The molecule has 108 valence electrons. The lowest BCUT2D eigenvalue weighted by Crippen LogP contribution is -2.45. The first-order valence-corrected chi connectivity index (χ1v) is 6.43. The third-order valence-corrected chi connectivity index (χ3v) is 2.77. The third-order valence-electron chi connectivity index (χ3n) is 2.31. The standard InChI is InChI=1S/C12H14BrN3O4/c1-6-2-7(13)4-8(3-6)15-12(20)16-9(11(18)19)5-10(14)17/h2-4,9H,5H2,1H3,(H2,14,17)(H,18,19)(H2,15,16,20)/t9-/m0/s1. The fourth-order valence-corrected chi connectivity index (χ4v) is 2.14. The first-order valence-electron chi connectivity index (χ1n) is 5.63. The van der Waals surface area contributed by atoms with Crippen LogP contribution in [0.5, 0.6) is 0 Å². The Morgan fingerprint density at radius 2 is 2.00 bits per heavy atom. The lowest BCUT2D eigenvalue weighted by atomic mass is 10.2. The minimum absolute atomic E-state index is 0.472. The van der Waals surface area contributed by atoms with Crippen LogP contribution in [0.15, 0.2) is 22.7 Å².